The van der Waals surface area contributed by atoms with Crippen molar-refractivity contribution in [3.63, 3.8) is 0 Å². The van der Waals surface area contributed by atoms with Crippen molar-refractivity contribution in [1.82, 2.24) is 20.2 Å². The smallest absolute Gasteiger partial charge is 0.317 e. The van der Waals surface area contributed by atoms with Crippen LogP contribution in [0.4, 0.5) is 10.6 Å². The third-order valence-electron chi connectivity index (χ3n) is 5.67. The van der Waals surface area contributed by atoms with E-state index in [1.54, 1.807) is 0 Å². The van der Waals surface area contributed by atoms with Crippen LogP contribution in [0.2, 0.25) is 0 Å². The average molecular weight is 410 g/mol. The highest BCUT2D eigenvalue weighted by Gasteiger charge is 2.25. The summed E-state index contributed by atoms with van der Waals surface area (Å²) in [4.78, 5) is 26.2. The van der Waals surface area contributed by atoms with Crippen molar-refractivity contribution < 1.29 is 4.79 Å². The van der Waals surface area contributed by atoms with Crippen LogP contribution in [-0.4, -0.2) is 53.1 Å². The van der Waals surface area contributed by atoms with E-state index in [0.29, 0.717) is 13.1 Å². The first-order valence-electron chi connectivity index (χ1n) is 11.0. The van der Waals surface area contributed by atoms with Gasteiger partial charge in [-0.1, -0.05) is 30.7 Å². The zero-order valence-corrected chi connectivity index (χ0v) is 19.2. The first kappa shape index (κ1) is 22.1. The van der Waals surface area contributed by atoms with Crippen LogP contribution in [0.15, 0.2) is 18.2 Å². The molecule has 0 bridgehead atoms. The number of amides is 2. The number of nitrogens with one attached hydrogen (secondary N) is 1. The molecular weight excluding hydrogens is 374 g/mol. The molecular formula is C24H35N5O. The zero-order chi connectivity index (χ0) is 21.8. The molecule has 0 radical (unpaired) electrons. The molecule has 2 aromatic rings. The standard InChI is InChI=1S/C24H35N5O/c1-7-22-21(15-20-14-17(4)8-9-18(20)5)23(27-19(6)26-22)28-10-12-29(13-11-28)24(30)25-16(2)3/h8-9,14,16H,7,10-13,15H2,1-6H3,(H,25,30). The van der Waals surface area contributed by atoms with Gasteiger partial charge in [0.25, 0.3) is 0 Å². The molecule has 6 nitrogen and oxygen atoms in total. The second-order valence-electron chi connectivity index (χ2n) is 8.56. The van der Waals surface area contributed by atoms with E-state index in [-0.39, 0.29) is 12.1 Å². The van der Waals surface area contributed by atoms with Gasteiger partial charge in [0.2, 0.25) is 0 Å². The number of rotatable bonds is 5. The number of nitrogens with zero attached hydrogens (tertiary/aromatic N) is 4. The Morgan fingerprint density at radius 3 is 2.43 bits per heavy atom. The Bertz CT molecular complexity index is 901. The van der Waals surface area contributed by atoms with E-state index in [1.807, 2.05) is 25.7 Å². The quantitative estimate of drug-likeness (QED) is 0.816. The molecule has 1 fully saturated rings. The molecule has 0 unspecified atom stereocenters. The number of hydrogen-bond acceptors (Lipinski definition) is 4. The minimum absolute atomic E-state index is 0.0216. The third-order valence-corrected chi connectivity index (χ3v) is 5.67. The first-order chi connectivity index (χ1) is 14.3. The molecule has 1 aromatic heterocycles. The molecule has 0 aliphatic carbocycles. The summed E-state index contributed by atoms with van der Waals surface area (Å²) in [5, 5.41) is 2.99. The van der Waals surface area contributed by atoms with Gasteiger partial charge >= 0.3 is 6.03 Å². The molecule has 1 aliphatic rings. The zero-order valence-electron chi connectivity index (χ0n) is 19.2. The Morgan fingerprint density at radius 1 is 1.10 bits per heavy atom. The Morgan fingerprint density at radius 2 is 1.80 bits per heavy atom. The van der Waals surface area contributed by atoms with Crippen molar-refractivity contribution in [3.8, 4) is 0 Å². The maximum atomic E-state index is 12.4. The van der Waals surface area contributed by atoms with Gasteiger partial charge in [0.05, 0.1) is 0 Å². The lowest BCUT2D eigenvalue weighted by Crippen LogP contribution is -2.53. The lowest BCUT2D eigenvalue weighted by molar-refractivity contribution is 0.191. The number of aromatic nitrogens is 2. The van der Waals surface area contributed by atoms with Crippen LogP contribution in [0, 0.1) is 20.8 Å². The number of piperazine rings is 1. The van der Waals surface area contributed by atoms with Crippen molar-refractivity contribution in [1.29, 1.82) is 0 Å². The summed E-state index contributed by atoms with van der Waals surface area (Å²) in [6.07, 6.45) is 1.72. The number of carbonyl (C=O) groups excluding carboxylic acids is 1. The topological polar surface area (TPSA) is 61.4 Å². The van der Waals surface area contributed by atoms with Crippen molar-refractivity contribution in [3.05, 3.63) is 52.0 Å². The monoisotopic (exact) mass is 409 g/mol. The van der Waals surface area contributed by atoms with E-state index in [0.717, 1.165) is 43.3 Å². The van der Waals surface area contributed by atoms with Crippen LogP contribution in [0.1, 0.15) is 54.5 Å². The molecule has 162 valence electrons. The Kier molecular flexibility index (Phi) is 6.95. The Hall–Kier alpha value is -2.63. The first-order valence-corrected chi connectivity index (χ1v) is 11.0. The molecule has 0 saturated carbocycles. The lowest BCUT2D eigenvalue weighted by atomic mass is 9.96. The summed E-state index contributed by atoms with van der Waals surface area (Å²) in [6, 6.07) is 6.79. The molecule has 1 aromatic carbocycles. The summed E-state index contributed by atoms with van der Waals surface area (Å²) in [7, 11) is 0. The maximum absolute atomic E-state index is 12.4. The van der Waals surface area contributed by atoms with E-state index in [9.17, 15) is 4.79 Å². The van der Waals surface area contributed by atoms with Crippen molar-refractivity contribution in [2.24, 2.45) is 0 Å². The fourth-order valence-electron chi connectivity index (χ4n) is 4.01. The highest BCUT2D eigenvalue weighted by Crippen LogP contribution is 2.27. The van der Waals surface area contributed by atoms with E-state index in [2.05, 4.69) is 49.2 Å². The highest BCUT2D eigenvalue weighted by atomic mass is 16.2. The summed E-state index contributed by atoms with van der Waals surface area (Å²) in [5.41, 5.74) is 6.24. The normalized spacial score (nSPS) is 14.4. The van der Waals surface area contributed by atoms with Crippen LogP contribution >= 0.6 is 0 Å². The number of hydrogen-bond donors (Lipinski definition) is 1. The molecule has 3 rings (SSSR count). The minimum Gasteiger partial charge on any atom is -0.353 e. The Labute approximate surface area is 180 Å². The lowest BCUT2D eigenvalue weighted by Gasteiger charge is -2.37. The second-order valence-corrected chi connectivity index (χ2v) is 8.56. The Balaban J connectivity index is 1.87. The van der Waals surface area contributed by atoms with Crippen molar-refractivity contribution in [2.45, 2.75) is 60.4 Å². The third kappa shape index (κ3) is 5.10. The van der Waals surface area contributed by atoms with E-state index >= 15 is 0 Å². The van der Waals surface area contributed by atoms with Gasteiger partial charge in [-0.25, -0.2) is 14.8 Å². The molecule has 1 N–H and O–H groups in total. The fourth-order valence-corrected chi connectivity index (χ4v) is 4.01. The average Bonchev–Trinajstić information content (AvgIpc) is 2.71. The molecule has 1 aliphatic heterocycles. The van der Waals surface area contributed by atoms with Crippen LogP contribution in [0.5, 0.6) is 0 Å². The molecule has 2 amide bonds. The van der Waals surface area contributed by atoms with E-state index in [4.69, 9.17) is 9.97 Å². The molecule has 6 heteroatoms. The van der Waals surface area contributed by atoms with E-state index < -0.39 is 0 Å². The number of anilines is 1. The highest BCUT2D eigenvalue weighted by molar-refractivity contribution is 5.74. The summed E-state index contributed by atoms with van der Waals surface area (Å²) >= 11 is 0. The van der Waals surface area contributed by atoms with Gasteiger partial charge in [0, 0.05) is 49.9 Å². The second kappa shape index (κ2) is 9.45. The molecule has 1 saturated heterocycles. The maximum Gasteiger partial charge on any atom is 0.317 e. The van der Waals surface area contributed by atoms with E-state index in [1.165, 1.54) is 22.3 Å². The van der Waals surface area contributed by atoms with Crippen LogP contribution in [0.3, 0.4) is 0 Å². The molecule has 0 spiro atoms. The van der Waals surface area contributed by atoms with Crippen LogP contribution in [-0.2, 0) is 12.8 Å². The van der Waals surface area contributed by atoms with Gasteiger partial charge in [-0.05, 0) is 52.2 Å². The molecule has 30 heavy (non-hydrogen) atoms. The van der Waals surface area contributed by atoms with Gasteiger partial charge in [-0.3, -0.25) is 0 Å². The van der Waals surface area contributed by atoms with Crippen molar-refractivity contribution in [2.75, 3.05) is 31.1 Å². The molecule has 0 atom stereocenters. The fraction of sp³-hybridized carbons (Fsp3) is 0.542. The minimum atomic E-state index is 0.0216. The van der Waals surface area contributed by atoms with Gasteiger partial charge in [0.1, 0.15) is 11.6 Å². The number of urea groups is 1. The largest absolute Gasteiger partial charge is 0.353 e. The number of carbonyl (C=O) groups is 1. The predicted molar refractivity (Wildman–Crippen MR) is 122 cm³/mol. The van der Waals surface area contributed by atoms with Gasteiger partial charge in [0.15, 0.2) is 0 Å². The predicted octanol–water partition coefficient (Wildman–Crippen LogP) is 3.80. The number of aryl methyl sites for hydroxylation is 4. The van der Waals surface area contributed by atoms with Crippen LogP contribution in [0.25, 0.3) is 0 Å². The van der Waals surface area contributed by atoms with Crippen LogP contribution < -0.4 is 10.2 Å². The summed E-state index contributed by atoms with van der Waals surface area (Å²) in [5.74, 6) is 1.84. The summed E-state index contributed by atoms with van der Waals surface area (Å²) < 4.78 is 0. The van der Waals surface area contributed by atoms with Crippen molar-refractivity contribution >= 4 is 11.8 Å². The summed E-state index contributed by atoms with van der Waals surface area (Å²) in [6.45, 7) is 15.4. The number of benzene rings is 1. The van der Waals surface area contributed by atoms with Gasteiger partial charge < -0.3 is 15.1 Å². The molecule has 2 heterocycles. The SMILES string of the molecule is CCc1nc(C)nc(N2CCN(C(=O)NC(C)C)CC2)c1Cc1cc(C)ccc1C. The van der Waals surface area contributed by atoms with Gasteiger partial charge in [-0.15, -0.1) is 0 Å². The van der Waals surface area contributed by atoms with Gasteiger partial charge in [-0.2, -0.15) is 0 Å².